The van der Waals surface area contributed by atoms with E-state index in [2.05, 4.69) is 31.9 Å². The van der Waals surface area contributed by atoms with Crippen LogP contribution in [0.1, 0.15) is 27.7 Å². The minimum atomic E-state index is -0.704. The van der Waals surface area contributed by atoms with Crippen LogP contribution in [0.2, 0.25) is 0 Å². The average molecular weight is 496 g/mol. The van der Waals surface area contributed by atoms with E-state index in [1.165, 1.54) is 0 Å². The molecule has 8 heteroatoms. The molecule has 0 bridgehead atoms. The van der Waals surface area contributed by atoms with E-state index in [0.717, 1.165) is 0 Å². The number of halogens is 2. The quantitative estimate of drug-likeness (QED) is 0.278. The van der Waals surface area contributed by atoms with Crippen LogP contribution in [0.3, 0.4) is 0 Å². The van der Waals surface area contributed by atoms with Crippen LogP contribution in [0.15, 0.2) is 24.3 Å². The largest absolute Gasteiger partial charge is 0.490 e. The Labute approximate surface area is 170 Å². The molecule has 0 heterocycles. The van der Waals surface area contributed by atoms with Gasteiger partial charge in [0.2, 0.25) is 0 Å². The van der Waals surface area contributed by atoms with Gasteiger partial charge in [0.25, 0.3) is 0 Å². The zero-order valence-corrected chi connectivity index (χ0v) is 18.5. The number of ether oxygens (including phenoxy) is 4. The molecule has 0 unspecified atom stereocenters. The molecular weight excluding hydrogens is 472 g/mol. The highest BCUT2D eigenvalue weighted by molar-refractivity contribution is 9.10. The van der Waals surface area contributed by atoms with Crippen LogP contribution in [0.4, 0.5) is 0 Å². The minimum Gasteiger partial charge on any atom is -0.490 e. The highest BCUT2D eigenvalue weighted by atomic mass is 79.9. The summed E-state index contributed by atoms with van der Waals surface area (Å²) in [4.78, 5) is 23.1. The van der Waals surface area contributed by atoms with Crippen molar-refractivity contribution in [2.75, 3.05) is 26.4 Å². The van der Waals surface area contributed by atoms with Crippen LogP contribution >= 0.6 is 31.9 Å². The van der Waals surface area contributed by atoms with Gasteiger partial charge >= 0.3 is 11.9 Å². The summed E-state index contributed by atoms with van der Waals surface area (Å²) in [5.74, 6) is 0.598. The van der Waals surface area contributed by atoms with Gasteiger partial charge in [0.1, 0.15) is 46.6 Å². The molecule has 1 rings (SSSR count). The fourth-order valence-electron chi connectivity index (χ4n) is 1.56. The predicted octanol–water partition coefficient (Wildman–Crippen LogP) is 3.88. The van der Waals surface area contributed by atoms with Crippen molar-refractivity contribution in [2.24, 2.45) is 0 Å². The summed E-state index contributed by atoms with van der Waals surface area (Å²) in [5.41, 5.74) is 0. The standard InChI is InChI=1S/C18H24Br2O6/c1-17(2,19)15(21)25-11-9-23-13-5-7-14(8-6-13)24-10-12-26-16(22)18(3,4)20/h5-8H,9-12H2,1-4H3. The summed E-state index contributed by atoms with van der Waals surface area (Å²) in [7, 11) is 0. The van der Waals surface area contributed by atoms with Crippen LogP contribution in [0.25, 0.3) is 0 Å². The Kier molecular flexibility index (Phi) is 8.89. The van der Waals surface area contributed by atoms with Gasteiger partial charge in [0, 0.05) is 0 Å². The van der Waals surface area contributed by atoms with Crippen molar-refractivity contribution in [3.05, 3.63) is 24.3 Å². The first-order chi connectivity index (χ1) is 12.0. The molecule has 0 fully saturated rings. The zero-order valence-electron chi connectivity index (χ0n) is 15.3. The second-order valence-corrected chi connectivity index (χ2v) is 10.4. The van der Waals surface area contributed by atoms with Crippen molar-refractivity contribution < 1.29 is 28.5 Å². The molecule has 0 radical (unpaired) electrons. The summed E-state index contributed by atoms with van der Waals surface area (Å²) in [5, 5.41) is 0. The summed E-state index contributed by atoms with van der Waals surface area (Å²) in [6.45, 7) is 7.73. The first-order valence-corrected chi connectivity index (χ1v) is 9.66. The lowest BCUT2D eigenvalue weighted by atomic mass is 10.2. The molecule has 0 amide bonds. The van der Waals surface area contributed by atoms with Crippen LogP contribution in [0.5, 0.6) is 11.5 Å². The molecule has 0 spiro atoms. The average Bonchev–Trinajstić information content (AvgIpc) is 2.54. The number of carbonyl (C=O) groups is 2. The Hall–Kier alpha value is -1.28. The summed E-state index contributed by atoms with van der Waals surface area (Å²) < 4.78 is 19.7. The molecular formula is C18H24Br2O6. The lowest BCUT2D eigenvalue weighted by molar-refractivity contribution is -0.146. The van der Waals surface area contributed by atoms with Gasteiger partial charge in [0.05, 0.1) is 0 Å². The predicted molar refractivity (Wildman–Crippen MR) is 105 cm³/mol. The molecule has 0 aliphatic rings. The number of benzene rings is 1. The second kappa shape index (κ2) is 10.2. The molecule has 26 heavy (non-hydrogen) atoms. The van der Waals surface area contributed by atoms with E-state index in [1.54, 1.807) is 52.0 Å². The Morgan fingerprint density at radius 2 is 1.04 bits per heavy atom. The molecule has 0 N–H and O–H groups in total. The zero-order chi connectivity index (χ0) is 19.8. The Morgan fingerprint density at radius 3 is 1.31 bits per heavy atom. The smallest absolute Gasteiger partial charge is 0.322 e. The van der Waals surface area contributed by atoms with E-state index in [1.807, 2.05) is 0 Å². The molecule has 0 saturated carbocycles. The molecule has 0 aromatic heterocycles. The Morgan fingerprint density at radius 1 is 0.731 bits per heavy atom. The van der Waals surface area contributed by atoms with Gasteiger partial charge < -0.3 is 18.9 Å². The number of hydrogen-bond acceptors (Lipinski definition) is 6. The molecule has 0 aliphatic heterocycles. The summed E-state index contributed by atoms with van der Waals surface area (Å²) in [6, 6.07) is 7.00. The van der Waals surface area contributed by atoms with Gasteiger partial charge in [-0.05, 0) is 52.0 Å². The number of esters is 2. The van der Waals surface area contributed by atoms with Crippen LogP contribution < -0.4 is 9.47 Å². The molecule has 6 nitrogen and oxygen atoms in total. The van der Waals surface area contributed by atoms with Crippen molar-refractivity contribution in [3.63, 3.8) is 0 Å². The van der Waals surface area contributed by atoms with Crippen molar-refractivity contribution in [1.29, 1.82) is 0 Å². The Bertz CT molecular complexity index is 534. The molecule has 146 valence electrons. The van der Waals surface area contributed by atoms with Crippen LogP contribution in [-0.2, 0) is 19.1 Å². The summed E-state index contributed by atoms with van der Waals surface area (Å²) in [6.07, 6.45) is 0. The molecule has 1 aromatic rings. The molecule has 0 atom stereocenters. The molecule has 0 saturated heterocycles. The van der Waals surface area contributed by atoms with Gasteiger partial charge in [-0.15, -0.1) is 0 Å². The van der Waals surface area contributed by atoms with Gasteiger partial charge in [0.15, 0.2) is 0 Å². The third-order valence-corrected chi connectivity index (χ3v) is 3.61. The topological polar surface area (TPSA) is 71.1 Å². The number of alkyl halides is 2. The third-order valence-electron chi connectivity index (χ3n) is 2.96. The lowest BCUT2D eigenvalue weighted by Crippen LogP contribution is -2.28. The van der Waals surface area contributed by atoms with E-state index in [-0.39, 0.29) is 38.4 Å². The van der Waals surface area contributed by atoms with Crippen molar-refractivity contribution in [3.8, 4) is 11.5 Å². The monoisotopic (exact) mass is 494 g/mol. The third kappa shape index (κ3) is 8.89. The van der Waals surface area contributed by atoms with Gasteiger partial charge in [-0.25, -0.2) is 0 Å². The molecule has 1 aromatic carbocycles. The first-order valence-electron chi connectivity index (χ1n) is 8.08. The fourth-order valence-corrected chi connectivity index (χ4v) is 1.79. The summed E-state index contributed by atoms with van der Waals surface area (Å²) >= 11 is 6.47. The Balaban J connectivity index is 2.25. The van der Waals surface area contributed by atoms with Gasteiger partial charge in [-0.1, -0.05) is 31.9 Å². The maximum atomic E-state index is 11.6. The maximum absolute atomic E-state index is 11.6. The van der Waals surface area contributed by atoms with Crippen molar-refractivity contribution in [2.45, 2.75) is 36.3 Å². The van der Waals surface area contributed by atoms with Gasteiger partial charge in [-0.3, -0.25) is 9.59 Å². The maximum Gasteiger partial charge on any atom is 0.322 e. The van der Waals surface area contributed by atoms with Crippen molar-refractivity contribution >= 4 is 43.8 Å². The van der Waals surface area contributed by atoms with Crippen LogP contribution in [-0.4, -0.2) is 47.0 Å². The van der Waals surface area contributed by atoms with Gasteiger partial charge in [-0.2, -0.15) is 0 Å². The fraction of sp³-hybridized carbons (Fsp3) is 0.556. The van der Waals surface area contributed by atoms with E-state index in [9.17, 15) is 9.59 Å². The number of rotatable bonds is 10. The number of hydrogen-bond donors (Lipinski definition) is 0. The first kappa shape index (κ1) is 22.8. The molecule has 0 aliphatic carbocycles. The number of carbonyl (C=O) groups excluding carboxylic acids is 2. The highest BCUT2D eigenvalue weighted by Gasteiger charge is 2.25. The SMILES string of the molecule is CC(C)(Br)C(=O)OCCOc1ccc(OCCOC(=O)C(C)(C)Br)cc1. The van der Waals surface area contributed by atoms with E-state index in [0.29, 0.717) is 11.5 Å². The van der Waals surface area contributed by atoms with Crippen LogP contribution in [0, 0.1) is 0 Å². The second-order valence-electron chi connectivity index (χ2n) is 6.39. The van der Waals surface area contributed by atoms with E-state index < -0.39 is 8.65 Å². The lowest BCUT2D eigenvalue weighted by Gasteiger charge is -2.15. The minimum absolute atomic E-state index is 0.168. The normalized spacial score (nSPS) is 11.6. The highest BCUT2D eigenvalue weighted by Crippen LogP contribution is 2.19. The van der Waals surface area contributed by atoms with Crippen molar-refractivity contribution in [1.82, 2.24) is 0 Å². The van der Waals surface area contributed by atoms with E-state index >= 15 is 0 Å². The van der Waals surface area contributed by atoms with E-state index in [4.69, 9.17) is 18.9 Å².